The van der Waals surface area contributed by atoms with Crippen LogP contribution in [0.3, 0.4) is 0 Å². The highest BCUT2D eigenvalue weighted by atomic mass is 32.1. The second kappa shape index (κ2) is 5.62. The molecule has 0 saturated heterocycles. The second-order valence-corrected chi connectivity index (χ2v) is 5.69. The van der Waals surface area contributed by atoms with Gasteiger partial charge in [0.05, 0.1) is 1.37 Å². The molecule has 0 aliphatic heterocycles. The summed E-state index contributed by atoms with van der Waals surface area (Å²) in [5.41, 5.74) is 1.31. The van der Waals surface area contributed by atoms with Gasteiger partial charge in [-0.25, -0.2) is 9.78 Å². The Kier molecular flexibility index (Phi) is 3.34. The maximum atomic E-state index is 12.0. The van der Waals surface area contributed by atoms with E-state index in [2.05, 4.69) is 22.0 Å². The first kappa shape index (κ1) is 12.5. The Labute approximate surface area is 129 Å². The monoisotopic (exact) mass is 323 g/mol. The quantitative estimate of drug-likeness (QED) is 0.714. The molecule has 0 radical (unpaired) electrons. The molecular weight excluding hydrogens is 310 g/mol. The molecule has 3 rings (SSSR count). The van der Waals surface area contributed by atoms with Crippen LogP contribution in [0.5, 0.6) is 5.19 Å². The number of hydrogen-bond donors (Lipinski definition) is 0. The molecule has 0 saturated carbocycles. The van der Waals surface area contributed by atoms with Crippen molar-refractivity contribution in [1.82, 2.24) is 24.8 Å². The lowest BCUT2D eigenvalue weighted by Crippen LogP contribution is -2.22. The number of hydrogen-bond acceptors (Lipinski definition) is 7. The summed E-state index contributed by atoms with van der Waals surface area (Å²) in [5.74, 6) is 0. The van der Waals surface area contributed by atoms with Crippen LogP contribution in [0, 0.1) is 0 Å². The molecule has 21 heavy (non-hydrogen) atoms. The van der Waals surface area contributed by atoms with Crippen LogP contribution in [0.15, 0.2) is 28.3 Å². The van der Waals surface area contributed by atoms with Crippen LogP contribution in [-0.4, -0.2) is 24.8 Å². The van der Waals surface area contributed by atoms with Crippen LogP contribution in [0.1, 0.15) is 12.5 Å². The zero-order chi connectivity index (χ0) is 15.7. The Balaban J connectivity index is 1.95. The molecule has 0 fully saturated rings. The lowest BCUT2D eigenvalue weighted by molar-refractivity contribution is 0.304. The van der Waals surface area contributed by atoms with E-state index in [-0.39, 0.29) is 18.5 Å². The van der Waals surface area contributed by atoms with Gasteiger partial charge in [-0.15, -0.1) is 16.0 Å². The van der Waals surface area contributed by atoms with E-state index in [9.17, 15) is 4.79 Å². The average molecular weight is 323 g/mol. The number of thiophene rings is 1. The molecule has 0 unspecified atom stereocenters. The number of thiazole rings is 1. The van der Waals surface area contributed by atoms with Gasteiger partial charge in [0.1, 0.15) is 11.6 Å². The van der Waals surface area contributed by atoms with E-state index >= 15 is 0 Å². The molecule has 9 heteroatoms. The standard InChI is InChI=1S/C12H11N5O2S2/c1-3-8-7-21-10(17-12(18)16(2)14-15-17)9(8)6-19-11-13-4-5-20-11/h3-5,7H,1,6H2,2H3/i4T. The number of nitrogens with zero attached hydrogens (tertiary/aromatic N) is 5. The molecule has 0 atom stereocenters. The normalized spacial score (nSPS) is 11.4. The summed E-state index contributed by atoms with van der Waals surface area (Å²) in [7, 11) is 1.54. The van der Waals surface area contributed by atoms with Gasteiger partial charge in [-0.1, -0.05) is 24.0 Å². The highest BCUT2D eigenvalue weighted by Gasteiger charge is 2.17. The largest absolute Gasteiger partial charge is 0.465 e. The Morgan fingerprint density at radius 1 is 1.52 bits per heavy atom. The molecular formula is C12H11N5O2S2. The Morgan fingerprint density at radius 2 is 2.38 bits per heavy atom. The van der Waals surface area contributed by atoms with Crippen LogP contribution < -0.4 is 10.4 Å². The van der Waals surface area contributed by atoms with Crippen molar-refractivity contribution in [3.8, 4) is 10.2 Å². The maximum absolute atomic E-state index is 12.0. The third-order valence-corrected chi connectivity index (χ3v) is 4.39. The molecule has 0 spiro atoms. The number of tetrazole rings is 1. The lowest BCUT2D eigenvalue weighted by Gasteiger charge is -2.05. The molecule has 108 valence electrons. The number of aryl methyl sites for hydroxylation is 1. The van der Waals surface area contributed by atoms with Gasteiger partial charge in [-0.05, 0) is 16.0 Å². The van der Waals surface area contributed by atoms with Crippen LogP contribution >= 0.6 is 22.7 Å². The predicted molar refractivity (Wildman–Crippen MR) is 81.0 cm³/mol. The zero-order valence-corrected chi connectivity index (χ0v) is 12.6. The van der Waals surface area contributed by atoms with E-state index in [1.165, 1.54) is 34.4 Å². The van der Waals surface area contributed by atoms with E-state index in [0.717, 1.165) is 15.8 Å². The van der Waals surface area contributed by atoms with E-state index in [1.54, 1.807) is 11.5 Å². The number of ether oxygens (including phenoxy) is 1. The Bertz CT molecular complexity index is 878. The zero-order valence-electron chi connectivity index (χ0n) is 12.0. The van der Waals surface area contributed by atoms with E-state index in [0.29, 0.717) is 10.2 Å². The predicted octanol–water partition coefficient (Wildman–Crippen LogP) is 1.71. The molecule has 0 N–H and O–H groups in total. The minimum Gasteiger partial charge on any atom is -0.465 e. The minimum atomic E-state index is -0.332. The molecule has 0 aliphatic carbocycles. The first-order valence-corrected chi connectivity index (χ1v) is 7.63. The SMILES string of the molecule is [3H]c1csc(OCc2c(C=C)csc2-n2nnn(C)c2=O)n1. The fourth-order valence-corrected chi connectivity index (χ4v) is 3.15. The third-order valence-electron chi connectivity index (χ3n) is 2.75. The van der Waals surface area contributed by atoms with Gasteiger partial charge in [0.2, 0.25) is 0 Å². The van der Waals surface area contributed by atoms with Crippen LogP contribution in [0.4, 0.5) is 0 Å². The summed E-state index contributed by atoms with van der Waals surface area (Å²) in [5, 5.41) is 12.1. The van der Waals surface area contributed by atoms with Gasteiger partial charge in [-0.3, -0.25) is 0 Å². The molecule has 0 aliphatic rings. The van der Waals surface area contributed by atoms with Crippen LogP contribution in [0.2, 0.25) is 0 Å². The Morgan fingerprint density at radius 3 is 3.00 bits per heavy atom. The maximum Gasteiger partial charge on any atom is 0.368 e. The van der Waals surface area contributed by atoms with Gasteiger partial charge < -0.3 is 4.74 Å². The fraction of sp³-hybridized carbons (Fsp3) is 0.167. The molecule has 0 amide bonds. The van der Waals surface area contributed by atoms with Gasteiger partial charge in [0.15, 0.2) is 0 Å². The Hall–Kier alpha value is -2.26. The summed E-state index contributed by atoms with van der Waals surface area (Å²) in [6.45, 7) is 3.97. The van der Waals surface area contributed by atoms with Crippen molar-refractivity contribution < 1.29 is 6.11 Å². The van der Waals surface area contributed by atoms with Gasteiger partial charge in [-0.2, -0.15) is 4.68 Å². The van der Waals surface area contributed by atoms with Crippen molar-refractivity contribution in [2.75, 3.05) is 0 Å². The van der Waals surface area contributed by atoms with Crippen molar-refractivity contribution in [3.63, 3.8) is 0 Å². The van der Waals surface area contributed by atoms with Gasteiger partial charge in [0.25, 0.3) is 5.19 Å². The summed E-state index contributed by atoms with van der Waals surface area (Å²) >= 11 is 2.61. The molecule has 3 aromatic heterocycles. The number of aromatic nitrogens is 5. The van der Waals surface area contributed by atoms with Crippen molar-refractivity contribution in [1.29, 1.82) is 0 Å². The summed E-state index contributed by atoms with van der Waals surface area (Å²) in [6, 6.07) is 0. The molecule has 0 bridgehead atoms. The van der Waals surface area contributed by atoms with Crippen molar-refractivity contribution in [2.45, 2.75) is 6.61 Å². The van der Waals surface area contributed by atoms with Crippen molar-refractivity contribution in [3.05, 3.63) is 45.1 Å². The van der Waals surface area contributed by atoms with Crippen LogP contribution in [0.25, 0.3) is 11.1 Å². The van der Waals surface area contributed by atoms with E-state index in [1.807, 2.05) is 5.38 Å². The second-order valence-electron chi connectivity index (χ2n) is 4.01. The van der Waals surface area contributed by atoms with E-state index < -0.39 is 0 Å². The molecule has 7 nitrogen and oxygen atoms in total. The highest BCUT2D eigenvalue weighted by molar-refractivity contribution is 7.13. The minimum absolute atomic E-state index is 0.166. The fourth-order valence-electron chi connectivity index (χ4n) is 1.70. The summed E-state index contributed by atoms with van der Waals surface area (Å²) in [6.07, 6.45) is 1.86. The molecule has 3 heterocycles. The first-order chi connectivity index (χ1) is 10.6. The molecule has 0 aromatic carbocycles. The average Bonchev–Trinajstić information content (AvgIpc) is 3.18. The van der Waals surface area contributed by atoms with Gasteiger partial charge in [0, 0.05) is 29.5 Å². The topological polar surface area (TPSA) is 74.8 Å². The summed E-state index contributed by atoms with van der Waals surface area (Å²) in [4.78, 5) is 15.9. The lowest BCUT2D eigenvalue weighted by atomic mass is 10.2. The van der Waals surface area contributed by atoms with Crippen molar-refractivity contribution in [2.24, 2.45) is 7.05 Å². The van der Waals surface area contributed by atoms with E-state index in [4.69, 9.17) is 6.11 Å². The van der Waals surface area contributed by atoms with Gasteiger partial charge >= 0.3 is 5.69 Å². The molecule has 3 aromatic rings. The highest BCUT2D eigenvalue weighted by Crippen LogP contribution is 2.28. The smallest absolute Gasteiger partial charge is 0.368 e. The third kappa shape index (κ3) is 2.52. The first-order valence-electron chi connectivity index (χ1n) is 6.37. The van der Waals surface area contributed by atoms with Crippen molar-refractivity contribution >= 4 is 28.7 Å². The van der Waals surface area contributed by atoms with Crippen LogP contribution in [-0.2, 0) is 13.7 Å². The summed E-state index contributed by atoms with van der Waals surface area (Å²) < 4.78 is 15.4. The number of rotatable bonds is 5.